The third kappa shape index (κ3) is 2.04. The minimum absolute atomic E-state index is 0.353. The highest BCUT2D eigenvalue weighted by molar-refractivity contribution is 6.01. The van der Waals surface area contributed by atoms with Gasteiger partial charge in [0.1, 0.15) is 12.1 Å². The summed E-state index contributed by atoms with van der Waals surface area (Å²) in [5, 5.41) is 0.763. The molecule has 25 heavy (non-hydrogen) atoms. The third-order valence-electron chi connectivity index (χ3n) is 4.78. The fourth-order valence-corrected chi connectivity index (χ4v) is 3.43. The van der Waals surface area contributed by atoms with Crippen LogP contribution in [0.1, 0.15) is 11.3 Å². The summed E-state index contributed by atoms with van der Waals surface area (Å²) in [5.41, 5.74) is 11.7. The van der Waals surface area contributed by atoms with Crippen LogP contribution in [0.15, 0.2) is 54.8 Å². The third-order valence-corrected chi connectivity index (χ3v) is 4.78. The Balaban J connectivity index is 1.73. The van der Waals surface area contributed by atoms with Crippen molar-refractivity contribution in [2.45, 2.75) is 13.1 Å². The first-order valence-electron chi connectivity index (χ1n) is 8.00. The van der Waals surface area contributed by atoms with Gasteiger partial charge in [-0.2, -0.15) is 0 Å². The SMILES string of the molecule is Nc1c2c(nc3c(-c4cncnc4)c(F)ccc13)CN(C1=CC=C1)C2. The summed E-state index contributed by atoms with van der Waals surface area (Å²) in [6.07, 6.45) is 10.7. The number of pyridine rings is 1. The maximum Gasteiger partial charge on any atom is 0.133 e. The molecule has 0 spiro atoms. The highest BCUT2D eigenvalue weighted by atomic mass is 19.1. The molecule has 3 heterocycles. The Morgan fingerprint density at radius 2 is 1.92 bits per heavy atom. The number of anilines is 1. The molecule has 1 aliphatic heterocycles. The van der Waals surface area contributed by atoms with Gasteiger partial charge >= 0.3 is 0 Å². The molecule has 0 amide bonds. The van der Waals surface area contributed by atoms with Gasteiger partial charge in [-0.05, 0) is 24.3 Å². The minimum Gasteiger partial charge on any atom is -0.398 e. The van der Waals surface area contributed by atoms with E-state index in [0.717, 1.165) is 23.2 Å². The number of nitrogens with two attached hydrogens (primary N) is 1. The van der Waals surface area contributed by atoms with E-state index in [2.05, 4.69) is 27.0 Å². The number of rotatable bonds is 2. The topological polar surface area (TPSA) is 67.9 Å². The van der Waals surface area contributed by atoms with Gasteiger partial charge in [-0.15, -0.1) is 0 Å². The maximum absolute atomic E-state index is 14.6. The van der Waals surface area contributed by atoms with Gasteiger partial charge in [-0.25, -0.2) is 19.3 Å². The van der Waals surface area contributed by atoms with Crippen LogP contribution in [0.25, 0.3) is 22.0 Å². The highest BCUT2D eigenvalue weighted by Gasteiger charge is 2.27. The van der Waals surface area contributed by atoms with Crippen LogP contribution < -0.4 is 5.73 Å². The second-order valence-electron chi connectivity index (χ2n) is 6.20. The number of nitrogen functional groups attached to an aromatic ring is 1. The predicted octanol–water partition coefficient (Wildman–Crippen LogP) is 3.18. The quantitative estimate of drug-likeness (QED) is 0.781. The van der Waals surface area contributed by atoms with Crippen molar-refractivity contribution in [1.29, 1.82) is 0 Å². The van der Waals surface area contributed by atoms with Crippen molar-refractivity contribution in [3.63, 3.8) is 0 Å². The second kappa shape index (κ2) is 5.11. The van der Waals surface area contributed by atoms with E-state index in [9.17, 15) is 4.39 Å². The van der Waals surface area contributed by atoms with Crippen molar-refractivity contribution < 1.29 is 4.39 Å². The van der Waals surface area contributed by atoms with E-state index in [1.54, 1.807) is 18.5 Å². The zero-order valence-corrected chi connectivity index (χ0v) is 13.3. The number of hydrogen-bond acceptors (Lipinski definition) is 5. The molecule has 5 nitrogen and oxygen atoms in total. The van der Waals surface area contributed by atoms with E-state index in [0.29, 0.717) is 28.9 Å². The molecule has 0 bridgehead atoms. The van der Waals surface area contributed by atoms with Gasteiger partial charge in [-0.1, -0.05) is 6.08 Å². The van der Waals surface area contributed by atoms with Crippen molar-refractivity contribution in [1.82, 2.24) is 19.9 Å². The number of aromatic nitrogens is 3. The van der Waals surface area contributed by atoms with Gasteiger partial charge in [0.2, 0.25) is 0 Å². The molecule has 5 rings (SSSR count). The normalized spacial score (nSPS) is 15.2. The molecule has 2 N–H and O–H groups in total. The van der Waals surface area contributed by atoms with Crippen LogP contribution >= 0.6 is 0 Å². The summed E-state index contributed by atoms with van der Waals surface area (Å²) in [4.78, 5) is 15.0. The van der Waals surface area contributed by atoms with Crippen molar-refractivity contribution in [3.05, 3.63) is 71.9 Å². The number of allylic oxidation sites excluding steroid dienone is 3. The Morgan fingerprint density at radius 3 is 2.64 bits per heavy atom. The average Bonchev–Trinajstić information content (AvgIpc) is 2.97. The van der Waals surface area contributed by atoms with Crippen molar-refractivity contribution >= 4 is 16.6 Å². The Labute approximate surface area is 143 Å². The standard InChI is InChI=1S/C19H14FN5/c20-15-5-4-13-18(21)14-8-25(12-2-1-3-12)9-16(14)24-19(13)17(15)11-6-22-10-23-7-11/h1-7,10H,8-9H2,(H2,21,24). The molecule has 0 fully saturated rings. The molecule has 6 heteroatoms. The van der Waals surface area contributed by atoms with Crippen LogP contribution in [-0.2, 0) is 13.1 Å². The Kier molecular flexibility index (Phi) is 2.88. The van der Waals surface area contributed by atoms with Gasteiger partial charge in [-0.3, -0.25) is 0 Å². The van der Waals surface area contributed by atoms with Crippen LogP contribution in [0.2, 0.25) is 0 Å². The highest BCUT2D eigenvalue weighted by Crippen LogP contribution is 2.38. The van der Waals surface area contributed by atoms with Crippen LogP contribution in [-0.4, -0.2) is 19.9 Å². The van der Waals surface area contributed by atoms with Gasteiger partial charge in [0.15, 0.2) is 0 Å². The van der Waals surface area contributed by atoms with Gasteiger partial charge in [0, 0.05) is 52.4 Å². The largest absolute Gasteiger partial charge is 0.398 e. The lowest BCUT2D eigenvalue weighted by atomic mass is 10.0. The number of fused-ring (bicyclic) bond motifs is 2. The molecule has 122 valence electrons. The number of halogens is 1. The number of nitrogens with zero attached hydrogens (tertiary/aromatic N) is 4. The zero-order chi connectivity index (χ0) is 17.0. The monoisotopic (exact) mass is 331 g/mol. The zero-order valence-electron chi connectivity index (χ0n) is 13.3. The summed E-state index contributed by atoms with van der Waals surface area (Å²) in [7, 11) is 0. The summed E-state index contributed by atoms with van der Waals surface area (Å²) < 4.78 is 14.6. The molecule has 0 unspecified atom stereocenters. The van der Waals surface area contributed by atoms with Gasteiger partial charge in [0.05, 0.1) is 17.8 Å². The fraction of sp³-hybridized carbons (Fsp3) is 0.105. The van der Waals surface area contributed by atoms with Crippen LogP contribution in [0.4, 0.5) is 10.1 Å². The molecule has 1 aliphatic carbocycles. The van der Waals surface area contributed by atoms with Crippen molar-refractivity contribution in [2.24, 2.45) is 0 Å². The number of hydrogen-bond donors (Lipinski definition) is 1. The van der Waals surface area contributed by atoms with Crippen LogP contribution in [0.5, 0.6) is 0 Å². The van der Waals surface area contributed by atoms with E-state index in [-0.39, 0.29) is 5.82 Å². The summed E-state index contributed by atoms with van der Waals surface area (Å²) >= 11 is 0. The Bertz CT molecular complexity index is 1070. The lowest BCUT2D eigenvalue weighted by Gasteiger charge is -2.21. The first kappa shape index (κ1) is 14.1. The molecule has 1 aromatic carbocycles. The van der Waals surface area contributed by atoms with Gasteiger partial charge in [0.25, 0.3) is 0 Å². The van der Waals surface area contributed by atoms with E-state index >= 15 is 0 Å². The maximum atomic E-state index is 14.6. The summed E-state index contributed by atoms with van der Waals surface area (Å²) in [5.74, 6) is -0.353. The Morgan fingerprint density at radius 1 is 1.12 bits per heavy atom. The fourth-order valence-electron chi connectivity index (χ4n) is 3.43. The summed E-state index contributed by atoms with van der Waals surface area (Å²) in [6.45, 7) is 1.40. The average molecular weight is 331 g/mol. The van der Waals surface area contributed by atoms with E-state index in [4.69, 9.17) is 10.7 Å². The smallest absolute Gasteiger partial charge is 0.133 e. The molecule has 0 radical (unpaired) electrons. The number of benzene rings is 1. The molecular weight excluding hydrogens is 317 g/mol. The first-order chi connectivity index (χ1) is 12.2. The second-order valence-corrected chi connectivity index (χ2v) is 6.20. The Hall–Kier alpha value is -3.28. The molecule has 0 saturated heterocycles. The lowest BCUT2D eigenvalue weighted by Crippen LogP contribution is -2.16. The van der Waals surface area contributed by atoms with Crippen LogP contribution in [0.3, 0.4) is 0 Å². The lowest BCUT2D eigenvalue weighted by molar-refractivity contribution is 0.370. The molecule has 0 atom stereocenters. The van der Waals surface area contributed by atoms with Gasteiger partial charge < -0.3 is 10.6 Å². The van der Waals surface area contributed by atoms with E-state index in [1.807, 2.05) is 6.08 Å². The molecule has 3 aromatic rings. The summed E-state index contributed by atoms with van der Waals surface area (Å²) in [6, 6.07) is 3.13. The molecule has 2 aromatic heterocycles. The van der Waals surface area contributed by atoms with E-state index < -0.39 is 0 Å². The van der Waals surface area contributed by atoms with Crippen molar-refractivity contribution in [2.75, 3.05) is 5.73 Å². The van der Waals surface area contributed by atoms with E-state index in [1.165, 1.54) is 18.1 Å². The van der Waals surface area contributed by atoms with Crippen molar-refractivity contribution in [3.8, 4) is 11.1 Å². The van der Waals surface area contributed by atoms with Crippen LogP contribution in [0, 0.1) is 5.82 Å². The molecular formula is C19H14FN5. The minimum atomic E-state index is -0.353. The molecule has 2 aliphatic rings. The molecule has 0 saturated carbocycles. The first-order valence-corrected chi connectivity index (χ1v) is 8.00. The predicted molar refractivity (Wildman–Crippen MR) is 93.6 cm³/mol.